The second-order valence-electron chi connectivity index (χ2n) is 7.58. The van der Waals surface area contributed by atoms with E-state index in [0.717, 1.165) is 58.3 Å². The van der Waals surface area contributed by atoms with Gasteiger partial charge in [0, 0.05) is 59.7 Å². The molecule has 0 bridgehead atoms. The Balaban J connectivity index is 1.62. The minimum atomic E-state index is 0.0335. The summed E-state index contributed by atoms with van der Waals surface area (Å²) in [5, 5.41) is 3.60. The summed E-state index contributed by atoms with van der Waals surface area (Å²) in [6.07, 6.45) is 4.35. The maximum Gasteiger partial charge on any atom is 0.243 e. The van der Waals surface area contributed by atoms with Crippen LogP contribution in [-0.2, 0) is 14.3 Å². The standard InChI is InChI=1S/C18H32N4O3/c1-21(2)17(23)11-19-18(20-16-5-9-24-10-6-16)22-7-3-14(12-22)15-4-8-25-13-15/h14-16H,3-13H2,1-2H3,(H,19,20). The number of nitrogens with zero attached hydrogens (tertiary/aromatic N) is 3. The smallest absolute Gasteiger partial charge is 0.243 e. The van der Waals surface area contributed by atoms with Gasteiger partial charge in [0.2, 0.25) is 5.91 Å². The Hall–Kier alpha value is -1.34. The van der Waals surface area contributed by atoms with Crippen LogP contribution in [0.2, 0.25) is 0 Å². The maximum atomic E-state index is 12.0. The molecule has 2 unspecified atom stereocenters. The first-order valence-corrected chi connectivity index (χ1v) is 9.55. The van der Waals surface area contributed by atoms with Gasteiger partial charge in [0.25, 0.3) is 0 Å². The Labute approximate surface area is 150 Å². The van der Waals surface area contributed by atoms with Gasteiger partial charge in [-0.3, -0.25) is 4.79 Å². The molecule has 0 aromatic heterocycles. The van der Waals surface area contributed by atoms with Crippen LogP contribution in [-0.4, -0.2) is 87.9 Å². The van der Waals surface area contributed by atoms with Crippen LogP contribution in [0.3, 0.4) is 0 Å². The Morgan fingerprint density at radius 3 is 2.56 bits per heavy atom. The third-order valence-electron chi connectivity index (χ3n) is 5.57. The van der Waals surface area contributed by atoms with E-state index in [2.05, 4.69) is 15.2 Å². The lowest BCUT2D eigenvalue weighted by molar-refractivity contribution is -0.127. The molecule has 2 atom stereocenters. The molecule has 7 nitrogen and oxygen atoms in total. The van der Waals surface area contributed by atoms with Gasteiger partial charge in [-0.15, -0.1) is 0 Å². The number of likely N-dealkylation sites (tertiary alicyclic amines) is 1. The molecule has 1 amide bonds. The molecule has 1 N–H and O–H groups in total. The molecule has 0 radical (unpaired) electrons. The van der Waals surface area contributed by atoms with Gasteiger partial charge in [0.05, 0.1) is 0 Å². The van der Waals surface area contributed by atoms with Crippen LogP contribution in [0.4, 0.5) is 0 Å². The molecule has 0 spiro atoms. The molecular formula is C18H32N4O3. The molecule has 0 saturated carbocycles. The zero-order chi connectivity index (χ0) is 17.6. The van der Waals surface area contributed by atoms with Crippen molar-refractivity contribution in [2.45, 2.75) is 31.7 Å². The third-order valence-corrected chi connectivity index (χ3v) is 5.57. The zero-order valence-electron chi connectivity index (χ0n) is 15.6. The van der Waals surface area contributed by atoms with E-state index in [1.807, 2.05) is 0 Å². The van der Waals surface area contributed by atoms with E-state index in [4.69, 9.17) is 9.47 Å². The minimum Gasteiger partial charge on any atom is -0.381 e. The fraction of sp³-hybridized carbons (Fsp3) is 0.889. The van der Waals surface area contributed by atoms with Crippen LogP contribution in [0.15, 0.2) is 4.99 Å². The van der Waals surface area contributed by atoms with Gasteiger partial charge >= 0.3 is 0 Å². The van der Waals surface area contributed by atoms with Crippen molar-refractivity contribution in [2.75, 3.05) is 60.2 Å². The highest BCUT2D eigenvalue weighted by Gasteiger charge is 2.33. The summed E-state index contributed by atoms with van der Waals surface area (Å²) in [6, 6.07) is 0.385. The summed E-state index contributed by atoms with van der Waals surface area (Å²) in [5.74, 6) is 2.28. The predicted octanol–water partition coefficient (Wildman–Crippen LogP) is 0.558. The summed E-state index contributed by atoms with van der Waals surface area (Å²) < 4.78 is 11.0. The molecule has 0 aromatic carbocycles. The van der Waals surface area contributed by atoms with E-state index in [0.29, 0.717) is 17.9 Å². The largest absolute Gasteiger partial charge is 0.381 e. The van der Waals surface area contributed by atoms with Gasteiger partial charge in [-0.2, -0.15) is 0 Å². The van der Waals surface area contributed by atoms with Crippen molar-refractivity contribution >= 4 is 11.9 Å². The first-order chi connectivity index (χ1) is 12.1. The van der Waals surface area contributed by atoms with Crippen molar-refractivity contribution in [3.05, 3.63) is 0 Å². The number of ether oxygens (including phenoxy) is 2. The number of likely N-dealkylation sites (N-methyl/N-ethyl adjacent to an activating group) is 1. The van der Waals surface area contributed by atoms with Crippen LogP contribution in [0.5, 0.6) is 0 Å². The van der Waals surface area contributed by atoms with Gasteiger partial charge in [-0.05, 0) is 37.5 Å². The molecule has 25 heavy (non-hydrogen) atoms. The highest BCUT2D eigenvalue weighted by Crippen LogP contribution is 2.30. The first kappa shape index (κ1) is 18.5. The lowest BCUT2D eigenvalue weighted by Gasteiger charge is -2.29. The lowest BCUT2D eigenvalue weighted by atomic mass is 9.91. The van der Waals surface area contributed by atoms with Gasteiger partial charge in [0.15, 0.2) is 5.96 Å². The fourth-order valence-corrected chi connectivity index (χ4v) is 3.83. The summed E-state index contributed by atoms with van der Waals surface area (Å²) in [4.78, 5) is 20.5. The summed E-state index contributed by atoms with van der Waals surface area (Å²) in [7, 11) is 3.55. The molecule has 3 rings (SSSR count). The molecule has 3 heterocycles. The lowest BCUT2D eigenvalue weighted by Crippen LogP contribution is -2.47. The Kier molecular flexibility index (Phi) is 6.53. The number of amides is 1. The fourth-order valence-electron chi connectivity index (χ4n) is 3.83. The Morgan fingerprint density at radius 2 is 1.88 bits per heavy atom. The molecule has 3 fully saturated rings. The summed E-state index contributed by atoms with van der Waals surface area (Å²) >= 11 is 0. The van der Waals surface area contributed by atoms with Crippen molar-refractivity contribution < 1.29 is 14.3 Å². The number of nitrogens with one attached hydrogen (secondary N) is 1. The number of carbonyl (C=O) groups excluding carboxylic acids is 1. The average molecular weight is 352 g/mol. The maximum absolute atomic E-state index is 12.0. The van der Waals surface area contributed by atoms with E-state index in [1.54, 1.807) is 19.0 Å². The van der Waals surface area contributed by atoms with Gasteiger partial charge in [-0.1, -0.05) is 0 Å². The first-order valence-electron chi connectivity index (χ1n) is 9.55. The van der Waals surface area contributed by atoms with E-state index < -0.39 is 0 Å². The second kappa shape index (κ2) is 8.85. The van der Waals surface area contributed by atoms with Crippen LogP contribution in [0.25, 0.3) is 0 Å². The number of guanidine groups is 1. The number of rotatable bonds is 4. The van der Waals surface area contributed by atoms with Crippen molar-refractivity contribution in [2.24, 2.45) is 16.8 Å². The van der Waals surface area contributed by atoms with Crippen LogP contribution in [0, 0.1) is 11.8 Å². The molecule has 3 aliphatic rings. The Morgan fingerprint density at radius 1 is 1.12 bits per heavy atom. The monoisotopic (exact) mass is 352 g/mol. The second-order valence-corrected chi connectivity index (χ2v) is 7.58. The van der Waals surface area contributed by atoms with Crippen molar-refractivity contribution in [3.63, 3.8) is 0 Å². The van der Waals surface area contributed by atoms with Gasteiger partial charge < -0.3 is 24.6 Å². The van der Waals surface area contributed by atoms with E-state index >= 15 is 0 Å². The summed E-state index contributed by atoms with van der Waals surface area (Å²) in [6.45, 7) is 5.61. The van der Waals surface area contributed by atoms with Crippen LogP contribution < -0.4 is 5.32 Å². The van der Waals surface area contributed by atoms with Crippen molar-refractivity contribution in [3.8, 4) is 0 Å². The van der Waals surface area contributed by atoms with Gasteiger partial charge in [-0.25, -0.2) is 4.99 Å². The molecule has 0 aliphatic carbocycles. The van der Waals surface area contributed by atoms with E-state index in [9.17, 15) is 4.79 Å². The van der Waals surface area contributed by atoms with Crippen LogP contribution in [0.1, 0.15) is 25.7 Å². The average Bonchev–Trinajstić information content (AvgIpc) is 3.30. The minimum absolute atomic E-state index is 0.0335. The topological polar surface area (TPSA) is 66.4 Å². The predicted molar refractivity (Wildman–Crippen MR) is 96.6 cm³/mol. The number of aliphatic imine (C=N–C) groups is 1. The molecule has 0 aromatic rings. The van der Waals surface area contributed by atoms with Crippen molar-refractivity contribution in [1.29, 1.82) is 0 Å². The highest BCUT2D eigenvalue weighted by molar-refractivity contribution is 5.85. The quantitative estimate of drug-likeness (QED) is 0.591. The molecule has 3 saturated heterocycles. The highest BCUT2D eigenvalue weighted by atomic mass is 16.5. The van der Waals surface area contributed by atoms with E-state index in [-0.39, 0.29) is 12.5 Å². The zero-order valence-corrected chi connectivity index (χ0v) is 15.6. The normalized spacial score (nSPS) is 28.4. The Bertz CT molecular complexity index is 471. The number of carbonyl (C=O) groups is 1. The van der Waals surface area contributed by atoms with E-state index in [1.165, 1.54) is 12.8 Å². The number of hydrogen-bond acceptors (Lipinski definition) is 4. The molecule has 142 valence electrons. The van der Waals surface area contributed by atoms with Crippen LogP contribution >= 0.6 is 0 Å². The van der Waals surface area contributed by atoms with Crippen molar-refractivity contribution in [1.82, 2.24) is 15.1 Å². The molecule has 3 aliphatic heterocycles. The summed E-state index contributed by atoms with van der Waals surface area (Å²) in [5.41, 5.74) is 0. The SMILES string of the molecule is CN(C)C(=O)CN=C(NC1CCOCC1)N1CCC(C2CCOC2)C1. The molecular weight excluding hydrogens is 320 g/mol. The number of hydrogen-bond donors (Lipinski definition) is 1. The third kappa shape index (κ3) is 5.07. The van der Waals surface area contributed by atoms with Gasteiger partial charge in [0.1, 0.15) is 6.54 Å². The molecule has 7 heteroatoms.